The van der Waals surface area contributed by atoms with Gasteiger partial charge in [0.25, 0.3) is 0 Å². The van der Waals surface area contributed by atoms with Crippen LogP contribution in [0.1, 0.15) is 112 Å². The molecule has 306 valence electrons. The first-order valence-corrected chi connectivity index (χ1v) is 20.2. The molecule has 8 aliphatic carbocycles. The van der Waals surface area contributed by atoms with Crippen LogP contribution in [0.3, 0.4) is 0 Å². The summed E-state index contributed by atoms with van der Waals surface area (Å²) in [6.45, 7) is 18.7. The van der Waals surface area contributed by atoms with Crippen LogP contribution in [0.2, 0.25) is 0 Å². The van der Waals surface area contributed by atoms with Crippen molar-refractivity contribution < 1.29 is 56.4 Å². The first-order chi connectivity index (χ1) is 25.6. The van der Waals surface area contributed by atoms with Crippen LogP contribution in [0.25, 0.3) is 0 Å². The van der Waals surface area contributed by atoms with Crippen molar-refractivity contribution in [2.24, 2.45) is 59.2 Å². The van der Waals surface area contributed by atoms with Crippen molar-refractivity contribution in [3.8, 4) is 0 Å². The number of carbonyl (C=O) groups excluding carboxylic acids is 4. The number of esters is 4. The minimum atomic E-state index is -4.64. The molecule has 9 nitrogen and oxygen atoms in total. The van der Waals surface area contributed by atoms with Gasteiger partial charge < -0.3 is 24.1 Å². The number of hydrogen-bond acceptors (Lipinski definition) is 9. The predicted octanol–water partition coefficient (Wildman–Crippen LogP) is 7.99. The molecule has 1 heterocycles. The molecule has 1 N–H and O–H groups in total. The Bertz CT molecular complexity index is 1550. The lowest BCUT2D eigenvalue weighted by Crippen LogP contribution is -2.59. The molecule has 8 saturated carbocycles. The second-order valence-electron chi connectivity index (χ2n) is 18.5. The van der Waals surface area contributed by atoms with Crippen LogP contribution in [-0.4, -0.2) is 64.7 Å². The topological polar surface area (TPSA) is 125 Å². The van der Waals surface area contributed by atoms with Gasteiger partial charge in [0.05, 0.1) is 5.92 Å². The molecule has 9 aliphatic rings. The van der Waals surface area contributed by atoms with E-state index in [9.17, 15) is 37.5 Å². The van der Waals surface area contributed by atoms with Gasteiger partial charge in [-0.15, -0.1) is 0 Å². The second-order valence-corrected chi connectivity index (χ2v) is 18.5. The highest BCUT2D eigenvalue weighted by atomic mass is 19.4. The molecular weight excluding hydrogens is 717 g/mol. The fourth-order valence-electron chi connectivity index (χ4n) is 12.0. The summed E-state index contributed by atoms with van der Waals surface area (Å²) in [5.41, 5.74) is -1.63. The third kappa shape index (κ3) is 8.04. The van der Waals surface area contributed by atoms with Crippen molar-refractivity contribution >= 4 is 23.9 Å². The Morgan fingerprint density at radius 3 is 1.84 bits per heavy atom. The van der Waals surface area contributed by atoms with Gasteiger partial charge in [0.2, 0.25) is 0 Å². The van der Waals surface area contributed by atoms with Crippen LogP contribution in [0.4, 0.5) is 13.2 Å². The average Bonchev–Trinajstić information content (AvgIpc) is 3.90. The van der Waals surface area contributed by atoms with Crippen LogP contribution in [-0.2, 0) is 38.1 Å². The number of aliphatic hydroxyl groups is 1. The van der Waals surface area contributed by atoms with Crippen LogP contribution >= 0.6 is 0 Å². The summed E-state index contributed by atoms with van der Waals surface area (Å²) < 4.78 is 60.4. The molecule has 9 fully saturated rings. The third-order valence-electron chi connectivity index (χ3n) is 14.5. The van der Waals surface area contributed by atoms with E-state index in [1.54, 1.807) is 20.8 Å². The van der Waals surface area contributed by atoms with Crippen molar-refractivity contribution in [1.82, 2.24) is 0 Å². The summed E-state index contributed by atoms with van der Waals surface area (Å²) in [6.07, 6.45) is 5.68. The quantitative estimate of drug-likeness (QED) is 0.141. The van der Waals surface area contributed by atoms with E-state index in [2.05, 4.69) is 26.7 Å². The van der Waals surface area contributed by atoms with Gasteiger partial charge in [-0.25, -0.2) is 14.4 Å². The number of fused-ring (bicyclic) bond motifs is 3. The number of carbonyl (C=O) groups is 4. The molecule has 8 bridgehead atoms. The summed E-state index contributed by atoms with van der Waals surface area (Å²) >= 11 is 0. The van der Waals surface area contributed by atoms with Crippen molar-refractivity contribution in [3.05, 3.63) is 36.5 Å². The minimum absolute atomic E-state index is 0.0646. The minimum Gasteiger partial charge on any atom is -0.459 e. The zero-order valence-electron chi connectivity index (χ0n) is 33.0. The molecular formula is C43H59F3O9. The van der Waals surface area contributed by atoms with E-state index in [4.69, 9.17) is 18.9 Å². The molecule has 0 aromatic carbocycles. The first kappa shape index (κ1) is 41.5. The van der Waals surface area contributed by atoms with E-state index in [1.807, 2.05) is 0 Å². The molecule has 0 aromatic rings. The first-order valence-electron chi connectivity index (χ1n) is 20.2. The summed E-state index contributed by atoms with van der Waals surface area (Å²) in [5.74, 6) is 2.48. The maximum atomic E-state index is 12.8. The lowest BCUT2D eigenvalue weighted by molar-refractivity contribution is -0.260. The molecule has 0 radical (unpaired) electrons. The zero-order chi connectivity index (χ0) is 40.4. The Labute approximate surface area is 322 Å². The van der Waals surface area contributed by atoms with Crippen molar-refractivity contribution in [2.75, 3.05) is 0 Å². The van der Waals surface area contributed by atoms with Gasteiger partial charge in [0.1, 0.15) is 23.9 Å². The van der Waals surface area contributed by atoms with Gasteiger partial charge in [0, 0.05) is 28.6 Å². The molecule has 0 aromatic heterocycles. The van der Waals surface area contributed by atoms with Crippen molar-refractivity contribution in [2.45, 2.75) is 147 Å². The van der Waals surface area contributed by atoms with E-state index in [0.717, 1.165) is 44.4 Å². The molecule has 0 amide bonds. The number of rotatable bonds is 9. The van der Waals surface area contributed by atoms with Crippen LogP contribution in [0, 0.1) is 59.2 Å². The third-order valence-corrected chi connectivity index (χ3v) is 14.5. The van der Waals surface area contributed by atoms with Gasteiger partial charge in [-0.2, -0.15) is 13.2 Å². The van der Waals surface area contributed by atoms with Crippen LogP contribution in [0.5, 0.6) is 0 Å². The average molecular weight is 777 g/mol. The molecule has 1 aliphatic heterocycles. The standard InChI is InChI=1S/C16H24O2.C15H21F3O3.C12H14O4/c1-4-16(18-15(17)10(2)3)13-6-11-5-12(8-13)9-14(16)7-11;1-8(2)13(19)21-12-6-9-4-10(11(12)5-9)7-14(3,20)15(16,17)18;1-5(2)11(13)15-9-6-3-7-8(4-6)12(14)16-10(7)9/h11-14H,2,4-9H2,1,3H3;9-12,20H,1,4-7H2,2-3H3;6-10H,1,3-4H2,2H3. The zero-order valence-corrected chi connectivity index (χ0v) is 33.0. The molecule has 0 spiro atoms. The van der Waals surface area contributed by atoms with E-state index in [1.165, 1.54) is 32.1 Å². The maximum Gasteiger partial charge on any atom is 0.416 e. The Morgan fingerprint density at radius 2 is 1.33 bits per heavy atom. The summed E-state index contributed by atoms with van der Waals surface area (Å²) in [5, 5.41) is 9.65. The van der Waals surface area contributed by atoms with Crippen LogP contribution < -0.4 is 0 Å². The fraction of sp³-hybridized carbons (Fsp3) is 0.767. The van der Waals surface area contributed by atoms with Gasteiger partial charge in [0.15, 0.2) is 5.60 Å². The molecule has 12 heteroatoms. The van der Waals surface area contributed by atoms with Crippen molar-refractivity contribution in [1.29, 1.82) is 0 Å². The molecule has 10 atom stereocenters. The monoisotopic (exact) mass is 776 g/mol. The Balaban J connectivity index is 0.000000141. The van der Waals surface area contributed by atoms with Gasteiger partial charge in [-0.05, 0) is 146 Å². The largest absolute Gasteiger partial charge is 0.459 e. The van der Waals surface area contributed by atoms with Gasteiger partial charge in [-0.3, -0.25) is 4.79 Å². The SMILES string of the molecule is C=C(C)C(=O)OC1(CC)C2CC3CC(C2)CC1C3.C=C(C)C(=O)OC1C2CC3C(=O)OC1C3C2.C=C(C)C(=O)OC1CC2CC(CC(C)(O)C(F)(F)F)C1C2. The highest BCUT2D eigenvalue weighted by Crippen LogP contribution is 2.61. The van der Waals surface area contributed by atoms with Gasteiger partial charge in [-0.1, -0.05) is 26.7 Å². The van der Waals surface area contributed by atoms with E-state index in [0.29, 0.717) is 41.7 Å². The van der Waals surface area contributed by atoms with Crippen molar-refractivity contribution in [3.63, 3.8) is 0 Å². The van der Waals surface area contributed by atoms with E-state index in [-0.39, 0.29) is 83.4 Å². The van der Waals surface area contributed by atoms with Crippen LogP contribution in [0.15, 0.2) is 36.5 Å². The van der Waals surface area contributed by atoms with E-state index >= 15 is 0 Å². The summed E-state index contributed by atoms with van der Waals surface area (Å²) in [4.78, 5) is 46.5. The number of ether oxygens (including phenoxy) is 4. The predicted molar refractivity (Wildman–Crippen MR) is 196 cm³/mol. The maximum absolute atomic E-state index is 12.8. The Kier molecular flexibility index (Phi) is 11.5. The highest BCUT2D eigenvalue weighted by molar-refractivity contribution is 5.88. The molecule has 10 unspecified atom stereocenters. The molecule has 55 heavy (non-hydrogen) atoms. The summed E-state index contributed by atoms with van der Waals surface area (Å²) in [7, 11) is 0. The lowest BCUT2D eigenvalue weighted by atomic mass is 9.49. The lowest BCUT2D eigenvalue weighted by Gasteiger charge is -2.60. The Morgan fingerprint density at radius 1 is 0.782 bits per heavy atom. The summed E-state index contributed by atoms with van der Waals surface area (Å²) in [6, 6.07) is 0. The van der Waals surface area contributed by atoms with E-state index < -0.39 is 17.7 Å². The number of hydrogen-bond donors (Lipinski definition) is 1. The Hall–Kier alpha value is -3.15. The number of alkyl halides is 3. The smallest absolute Gasteiger partial charge is 0.416 e. The molecule has 9 rings (SSSR count). The fourth-order valence-corrected chi connectivity index (χ4v) is 12.0. The molecule has 1 saturated heterocycles. The highest BCUT2D eigenvalue weighted by Gasteiger charge is 2.63. The van der Waals surface area contributed by atoms with Gasteiger partial charge >= 0.3 is 30.1 Å². The second kappa shape index (κ2) is 15.3. The normalized spacial score (nSPS) is 40.5. The number of halogens is 3.